The highest BCUT2D eigenvalue weighted by molar-refractivity contribution is 7.11. The van der Waals surface area contributed by atoms with Crippen LogP contribution in [0, 0.1) is 6.92 Å². The molecule has 1 aromatic heterocycles. The van der Waals surface area contributed by atoms with E-state index in [1.165, 1.54) is 17.7 Å². The molecular weight excluding hydrogens is 161 g/mol. The van der Waals surface area contributed by atoms with Crippen molar-refractivity contribution in [1.29, 1.82) is 0 Å². The topological polar surface area (TPSA) is 12.9 Å². The Morgan fingerprint density at radius 3 is 2.91 bits per heavy atom. The molecule has 1 aromatic rings. The van der Waals surface area contributed by atoms with Gasteiger partial charge in [-0.05, 0) is 25.7 Å². The van der Waals surface area contributed by atoms with Crippen LogP contribution in [-0.2, 0) is 6.67 Å². The predicted octanol–water partition coefficient (Wildman–Crippen LogP) is 2.80. The molecule has 1 aliphatic rings. The van der Waals surface area contributed by atoms with Gasteiger partial charge in [-0.15, -0.1) is 11.3 Å². The van der Waals surface area contributed by atoms with E-state index in [2.05, 4.69) is 4.98 Å². The zero-order valence-electron chi connectivity index (χ0n) is 6.43. The fourth-order valence-electron chi connectivity index (χ4n) is 1.25. The summed E-state index contributed by atoms with van der Waals surface area (Å²) in [5, 5.41) is 1.000. The first-order valence-corrected chi connectivity index (χ1v) is 4.65. The first kappa shape index (κ1) is 7.22. The van der Waals surface area contributed by atoms with Crippen LogP contribution >= 0.6 is 11.3 Å². The summed E-state index contributed by atoms with van der Waals surface area (Å²) < 4.78 is 12.3. The van der Waals surface area contributed by atoms with Crippen molar-refractivity contribution in [2.45, 2.75) is 32.4 Å². The molecule has 11 heavy (non-hydrogen) atoms. The number of thiazole rings is 1. The summed E-state index contributed by atoms with van der Waals surface area (Å²) in [6.45, 7) is 1.55. The third-order valence-electron chi connectivity index (χ3n) is 1.91. The molecule has 1 aliphatic carbocycles. The number of hydrogen-bond acceptors (Lipinski definition) is 2. The van der Waals surface area contributed by atoms with Crippen molar-refractivity contribution in [3.05, 3.63) is 15.6 Å². The SMILES string of the molecule is Cc1nc(CF)c(C2CC2)s1. The zero-order valence-corrected chi connectivity index (χ0v) is 7.25. The lowest BCUT2D eigenvalue weighted by molar-refractivity contribution is 0.474. The number of halogens is 1. The summed E-state index contributed by atoms with van der Waals surface area (Å²) in [6, 6.07) is 0. The Morgan fingerprint density at radius 1 is 1.64 bits per heavy atom. The van der Waals surface area contributed by atoms with Crippen LogP contribution in [0.3, 0.4) is 0 Å². The third kappa shape index (κ3) is 1.29. The minimum atomic E-state index is -0.393. The van der Waals surface area contributed by atoms with Gasteiger partial charge in [0.15, 0.2) is 0 Å². The molecule has 0 atom stereocenters. The highest BCUT2D eigenvalue weighted by Crippen LogP contribution is 2.44. The van der Waals surface area contributed by atoms with E-state index in [0.717, 1.165) is 5.01 Å². The largest absolute Gasteiger partial charge is 0.244 e. The first-order chi connectivity index (χ1) is 5.31. The van der Waals surface area contributed by atoms with Gasteiger partial charge >= 0.3 is 0 Å². The quantitative estimate of drug-likeness (QED) is 0.666. The molecule has 2 rings (SSSR count). The Hall–Kier alpha value is -0.440. The maximum Gasteiger partial charge on any atom is 0.133 e. The molecule has 0 unspecified atom stereocenters. The summed E-state index contributed by atoms with van der Waals surface area (Å²) in [7, 11) is 0. The molecule has 60 valence electrons. The summed E-state index contributed by atoms with van der Waals surface area (Å²) in [4.78, 5) is 5.33. The Kier molecular flexibility index (Phi) is 1.68. The van der Waals surface area contributed by atoms with E-state index in [1.54, 1.807) is 11.3 Å². The normalized spacial score (nSPS) is 17.3. The van der Waals surface area contributed by atoms with E-state index >= 15 is 0 Å². The monoisotopic (exact) mass is 171 g/mol. The molecule has 0 N–H and O–H groups in total. The predicted molar refractivity (Wildman–Crippen MR) is 43.6 cm³/mol. The minimum Gasteiger partial charge on any atom is -0.244 e. The first-order valence-electron chi connectivity index (χ1n) is 3.83. The number of aromatic nitrogens is 1. The van der Waals surface area contributed by atoms with Crippen molar-refractivity contribution < 1.29 is 4.39 Å². The molecule has 1 nitrogen and oxygen atoms in total. The van der Waals surface area contributed by atoms with Gasteiger partial charge in [-0.3, -0.25) is 0 Å². The Balaban J connectivity index is 2.34. The van der Waals surface area contributed by atoms with E-state index < -0.39 is 6.67 Å². The van der Waals surface area contributed by atoms with Crippen LogP contribution in [-0.4, -0.2) is 4.98 Å². The van der Waals surface area contributed by atoms with Gasteiger partial charge in [0, 0.05) is 4.88 Å². The second-order valence-corrected chi connectivity index (χ2v) is 4.19. The maximum absolute atomic E-state index is 12.3. The van der Waals surface area contributed by atoms with Crippen LogP contribution in [0.2, 0.25) is 0 Å². The van der Waals surface area contributed by atoms with Gasteiger partial charge in [0.25, 0.3) is 0 Å². The van der Waals surface area contributed by atoms with Crippen molar-refractivity contribution in [3.8, 4) is 0 Å². The summed E-state index contributed by atoms with van der Waals surface area (Å²) >= 11 is 1.66. The Labute approximate surface area is 69.3 Å². The van der Waals surface area contributed by atoms with Gasteiger partial charge in [0.2, 0.25) is 0 Å². The van der Waals surface area contributed by atoms with Gasteiger partial charge in [-0.1, -0.05) is 0 Å². The lowest BCUT2D eigenvalue weighted by Crippen LogP contribution is -1.83. The highest BCUT2D eigenvalue weighted by Gasteiger charge is 2.28. The molecule has 0 spiro atoms. The number of rotatable bonds is 2. The Bertz CT molecular complexity index is 265. The molecule has 0 bridgehead atoms. The molecule has 1 heterocycles. The maximum atomic E-state index is 12.3. The second kappa shape index (κ2) is 2.55. The summed E-state index contributed by atoms with van der Waals surface area (Å²) in [5.41, 5.74) is 0.690. The van der Waals surface area contributed by atoms with Crippen LogP contribution in [0.4, 0.5) is 4.39 Å². The zero-order chi connectivity index (χ0) is 7.84. The standard InChI is InChI=1S/C8H10FNS/c1-5-10-7(4-9)8(11-5)6-2-3-6/h6H,2-4H2,1H3. The lowest BCUT2D eigenvalue weighted by Gasteiger charge is -1.91. The number of nitrogens with zero attached hydrogens (tertiary/aromatic N) is 1. The number of alkyl halides is 1. The van der Waals surface area contributed by atoms with Crippen molar-refractivity contribution in [3.63, 3.8) is 0 Å². The molecule has 0 radical (unpaired) electrons. The molecule has 0 aromatic carbocycles. The van der Waals surface area contributed by atoms with Gasteiger partial charge in [0.1, 0.15) is 6.67 Å². The smallest absolute Gasteiger partial charge is 0.133 e. The van der Waals surface area contributed by atoms with Crippen LogP contribution < -0.4 is 0 Å². The third-order valence-corrected chi connectivity index (χ3v) is 3.08. The van der Waals surface area contributed by atoms with Crippen LogP contribution in [0.1, 0.15) is 34.3 Å². The number of hydrogen-bond donors (Lipinski definition) is 0. The molecule has 1 saturated carbocycles. The van der Waals surface area contributed by atoms with Crippen LogP contribution in [0.15, 0.2) is 0 Å². The molecule has 1 fully saturated rings. The van der Waals surface area contributed by atoms with Crippen molar-refractivity contribution in [1.82, 2.24) is 4.98 Å². The fraction of sp³-hybridized carbons (Fsp3) is 0.625. The van der Waals surface area contributed by atoms with E-state index in [-0.39, 0.29) is 0 Å². The molecule has 0 amide bonds. The highest BCUT2D eigenvalue weighted by atomic mass is 32.1. The lowest BCUT2D eigenvalue weighted by atomic mass is 10.3. The van der Waals surface area contributed by atoms with Crippen molar-refractivity contribution in [2.75, 3.05) is 0 Å². The summed E-state index contributed by atoms with van der Waals surface area (Å²) in [5.74, 6) is 0.645. The molecule has 0 aliphatic heterocycles. The van der Waals surface area contributed by atoms with Gasteiger partial charge in [-0.2, -0.15) is 0 Å². The average molecular weight is 171 g/mol. The van der Waals surface area contributed by atoms with Gasteiger partial charge in [-0.25, -0.2) is 9.37 Å². The van der Waals surface area contributed by atoms with Gasteiger partial charge < -0.3 is 0 Å². The Morgan fingerprint density at radius 2 is 2.36 bits per heavy atom. The summed E-state index contributed by atoms with van der Waals surface area (Å²) in [6.07, 6.45) is 2.46. The van der Waals surface area contributed by atoms with E-state index in [1.807, 2.05) is 6.92 Å². The molecular formula is C8H10FNS. The average Bonchev–Trinajstić information content (AvgIpc) is 2.75. The van der Waals surface area contributed by atoms with E-state index in [9.17, 15) is 4.39 Å². The molecule has 3 heteroatoms. The second-order valence-electron chi connectivity index (χ2n) is 2.95. The van der Waals surface area contributed by atoms with Crippen LogP contribution in [0.25, 0.3) is 0 Å². The fourth-order valence-corrected chi connectivity index (χ4v) is 2.34. The van der Waals surface area contributed by atoms with Crippen molar-refractivity contribution in [2.24, 2.45) is 0 Å². The van der Waals surface area contributed by atoms with Gasteiger partial charge in [0.05, 0.1) is 10.7 Å². The minimum absolute atomic E-state index is 0.393. The van der Waals surface area contributed by atoms with Crippen molar-refractivity contribution >= 4 is 11.3 Å². The number of aryl methyl sites for hydroxylation is 1. The van der Waals surface area contributed by atoms with E-state index in [0.29, 0.717) is 11.6 Å². The molecule has 0 saturated heterocycles. The van der Waals surface area contributed by atoms with E-state index in [4.69, 9.17) is 0 Å². The van der Waals surface area contributed by atoms with Crippen LogP contribution in [0.5, 0.6) is 0 Å².